The van der Waals surface area contributed by atoms with Gasteiger partial charge in [0.1, 0.15) is 5.70 Å². The Labute approximate surface area is 187 Å². The Hall–Kier alpha value is -2.36. The average molecular weight is 484 g/mol. The van der Waals surface area contributed by atoms with Crippen molar-refractivity contribution in [3.05, 3.63) is 58.5 Å². The number of hydrogen-bond acceptors (Lipinski definition) is 3. The molecule has 1 aliphatic carbocycles. The maximum atomic E-state index is 12.9. The van der Waals surface area contributed by atoms with Gasteiger partial charge in [0, 0.05) is 24.5 Å². The number of nitrogens with one attached hydrogen (secondary N) is 1. The van der Waals surface area contributed by atoms with Crippen LogP contribution in [0.2, 0.25) is 5.02 Å². The Balaban J connectivity index is 1.97. The number of nitrogens with zero attached hydrogens (tertiary/aromatic N) is 1. The molecule has 0 bridgehead atoms. The molecule has 0 saturated heterocycles. The van der Waals surface area contributed by atoms with Crippen LogP contribution in [0.3, 0.4) is 0 Å². The van der Waals surface area contributed by atoms with Gasteiger partial charge in [-0.05, 0) is 56.7 Å². The van der Waals surface area contributed by atoms with Crippen molar-refractivity contribution < 1.29 is 31.1 Å². The standard InChI is InChI=1S/C21H24ClF6N3O/c1-12(2)31(11-18(29)21(26,27)28)10-13-3-6-15(7-4-13)30-19(32)16-9-14(20(23,24)25)5-8-17(16)22/h5,8-9,11,13,15H,1,3-4,6-7,10,29H2,2H3,(H,30,32)/b18-11-. The van der Waals surface area contributed by atoms with Crippen molar-refractivity contribution in [1.82, 2.24) is 10.2 Å². The molecule has 178 valence electrons. The molecule has 1 aromatic carbocycles. The predicted octanol–water partition coefficient (Wildman–Crippen LogP) is 5.85. The van der Waals surface area contributed by atoms with E-state index in [1.54, 1.807) is 6.92 Å². The van der Waals surface area contributed by atoms with Crippen LogP contribution in [0.15, 0.2) is 42.4 Å². The maximum absolute atomic E-state index is 12.9. The first-order valence-corrected chi connectivity index (χ1v) is 10.2. The minimum absolute atomic E-state index is 0.0364. The van der Waals surface area contributed by atoms with Gasteiger partial charge in [0.05, 0.1) is 16.1 Å². The molecule has 1 saturated carbocycles. The van der Waals surface area contributed by atoms with Gasteiger partial charge in [0.2, 0.25) is 0 Å². The van der Waals surface area contributed by atoms with E-state index in [0.29, 0.717) is 37.4 Å². The van der Waals surface area contributed by atoms with E-state index in [2.05, 4.69) is 11.9 Å². The second-order valence-electron chi connectivity index (χ2n) is 7.85. The lowest BCUT2D eigenvalue weighted by Gasteiger charge is -2.33. The van der Waals surface area contributed by atoms with Gasteiger partial charge in [-0.15, -0.1) is 0 Å². The molecule has 0 heterocycles. The van der Waals surface area contributed by atoms with Crippen LogP contribution in [-0.2, 0) is 6.18 Å². The average Bonchev–Trinajstić information content (AvgIpc) is 2.67. The van der Waals surface area contributed by atoms with Gasteiger partial charge in [0.15, 0.2) is 0 Å². The molecule has 0 atom stereocenters. The molecule has 0 aliphatic heterocycles. The number of benzene rings is 1. The van der Waals surface area contributed by atoms with Crippen molar-refractivity contribution in [3.63, 3.8) is 0 Å². The summed E-state index contributed by atoms with van der Waals surface area (Å²) in [6.07, 6.45) is -6.16. The second kappa shape index (κ2) is 10.1. The third-order valence-electron chi connectivity index (χ3n) is 5.29. The van der Waals surface area contributed by atoms with E-state index in [9.17, 15) is 31.1 Å². The first kappa shape index (κ1) is 25.9. The van der Waals surface area contributed by atoms with Crippen molar-refractivity contribution in [2.75, 3.05) is 6.54 Å². The molecule has 32 heavy (non-hydrogen) atoms. The number of nitrogens with two attached hydrogens (primary N) is 1. The van der Waals surface area contributed by atoms with E-state index in [-0.39, 0.29) is 29.1 Å². The Morgan fingerprint density at radius 3 is 2.31 bits per heavy atom. The summed E-state index contributed by atoms with van der Waals surface area (Å²) in [5.74, 6) is -0.664. The molecule has 1 aromatic rings. The van der Waals surface area contributed by atoms with Crippen molar-refractivity contribution in [2.24, 2.45) is 11.7 Å². The van der Waals surface area contributed by atoms with E-state index in [0.717, 1.165) is 18.3 Å². The van der Waals surface area contributed by atoms with Gasteiger partial charge in [0.25, 0.3) is 5.91 Å². The zero-order valence-corrected chi connectivity index (χ0v) is 18.0. The van der Waals surface area contributed by atoms with E-state index >= 15 is 0 Å². The van der Waals surface area contributed by atoms with Crippen LogP contribution in [0.5, 0.6) is 0 Å². The lowest BCUT2D eigenvalue weighted by Crippen LogP contribution is -2.39. The largest absolute Gasteiger partial charge is 0.432 e. The number of carbonyl (C=O) groups excluding carboxylic acids is 1. The molecule has 0 unspecified atom stereocenters. The van der Waals surface area contributed by atoms with Crippen LogP contribution in [0.4, 0.5) is 26.3 Å². The van der Waals surface area contributed by atoms with E-state index in [4.69, 9.17) is 17.3 Å². The summed E-state index contributed by atoms with van der Waals surface area (Å²) < 4.78 is 76.9. The molecule has 4 nitrogen and oxygen atoms in total. The lowest BCUT2D eigenvalue weighted by molar-refractivity contribution is -0.137. The van der Waals surface area contributed by atoms with Gasteiger partial charge >= 0.3 is 12.4 Å². The van der Waals surface area contributed by atoms with Crippen molar-refractivity contribution in [2.45, 2.75) is 51.0 Å². The van der Waals surface area contributed by atoms with Crippen LogP contribution in [0, 0.1) is 5.92 Å². The normalized spacial score (nSPS) is 20.1. The van der Waals surface area contributed by atoms with Crippen LogP contribution >= 0.6 is 11.6 Å². The number of alkyl halides is 6. The Kier molecular flexibility index (Phi) is 8.14. The predicted molar refractivity (Wildman–Crippen MR) is 110 cm³/mol. The topological polar surface area (TPSA) is 58.4 Å². The number of halogens is 7. The SMILES string of the molecule is C=C(C)N(/C=C(\N)C(F)(F)F)CC1CCC(NC(=O)c2cc(C(F)(F)F)ccc2Cl)CC1. The minimum atomic E-state index is -4.64. The van der Waals surface area contributed by atoms with E-state index in [1.807, 2.05) is 0 Å². The first-order chi connectivity index (χ1) is 14.7. The highest BCUT2D eigenvalue weighted by molar-refractivity contribution is 6.33. The fourth-order valence-electron chi connectivity index (χ4n) is 3.47. The molecule has 1 aliphatic rings. The van der Waals surface area contributed by atoms with E-state index in [1.165, 1.54) is 4.90 Å². The summed E-state index contributed by atoms with van der Waals surface area (Å²) in [7, 11) is 0. The molecule has 0 spiro atoms. The van der Waals surface area contributed by atoms with Crippen LogP contribution in [0.1, 0.15) is 48.5 Å². The summed E-state index contributed by atoms with van der Waals surface area (Å²) in [5.41, 5.74) is 3.06. The molecule has 0 aromatic heterocycles. The lowest BCUT2D eigenvalue weighted by atomic mass is 9.85. The molecule has 0 radical (unpaired) electrons. The molecule has 1 fully saturated rings. The molecule has 2 rings (SSSR count). The zero-order valence-electron chi connectivity index (χ0n) is 17.3. The third kappa shape index (κ3) is 7.08. The van der Waals surface area contributed by atoms with Gasteiger partial charge in [-0.2, -0.15) is 26.3 Å². The highest BCUT2D eigenvalue weighted by Gasteiger charge is 2.33. The maximum Gasteiger partial charge on any atom is 0.432 e. The second-order valence-corrected chi connectivity index (χ2v) is 8.26. The molecular weight excluding hydrogens is 460 g/mol. The Bertz CT molecular complexity index is 873. The summed E-state index contributed by atoms with van der Waals surface area (Å²) >= 11 is 5.90. The van der Waals surface area contributed by atoms with Gasteiger partial charge < -0.3 is 16.0 Å². The van der Waals surface area contributed by atoms with Gasteiger partial charge in [-0.3, -0.25) is 4.79 Å². The van der Waals surface area contributed by atoms with Crippen LogP contribution in [-0.4, -0.2) is 29.6 Å². The van der Waals surface area contributed by atoms with Crippen molar-refractivity contribution in [1.29, 1.82) is 0 Å². The fourth-order valence-corrected chi connectivity index (χ4v) is 3.67. The Morgan fingerprint density at radius 1 is 1.22 bits per heavy atom. The minimum Gasteiger partial charge on any atom is -0.394 e. The third-order valence-corrected chi connectivity index (χ3v) is 5.62. The zero-order chi connectivity index (χ0) is 24.3. The van der Waals surface area contributed by atoms with Crippen molar-refractivity contribution >= 4 is 17.5 Å². The number of carbonyl (C=O) groups is 1. The highest BCUT2D eigenvalue weighted by Crippen LogP contribution is 2.32. The summed E-state index contributed by atoms with van der Waals surface area (Å²) in [6.45, 7) is 5.54. The smallest absolute Gasteiger partial charge is 0.394 e. The first-order valence-electron chi connectivity index (χ1n) is 9.82. The van der Waals surface area contributed by atoms with E-state index < -0.39 is 29.5 Å². The number of allylic oxidation sites excluding steroid dienone is 2. The molecule has 11 heteroatoms. The van der Waals surface area contributed by atoms with Crippen LogP contribution in [0.25, 0.3) is 0 Å². The monoisotopic (exact) mass is 483 g/mol. The van der Waals surface area contributed by atoms with Gasteiger partial charge in [-0.1, -0.05) is 18.2 Å². The highest BCUT2D eigenvalue weighted by atomic mass is 35.5. The number of rotatable bonds is 6. The number of amides is 1. The Morgan fingerprint density at radius 2 is 1.81 bits per heavy atom. The quantitative estimate of drug-likeness (QED) is 0.499. The van der Waals surface area contributed by atoms with Crippen LogP contribution < -0.4 is 11.1 Å². The molecule has 1 amide bonds. The summed E-state index contributed by atoms with van der Waals surface area (Å²) in [6, 6.07) is 2.27. The van der Waals surface area contributed by atoms with Crippen molar-refractivity contribution in [3.8, 4) is 0 Å². The molecule has 3 N–H and O–H groups in total. The van der Waals surface area contributed by atoms with Gasteiger partial charge in [-0.25, -0.2) is 0 Å². The fraction of sp³-hybridized carbons (Fsp3) is 0.476. The molecular formula is C21H24ClF6N3O. The number of hydrogen-bond donors (Lipinski definition) is 2. The summed E-state index contributed by atoms with van der Waals surface area (Å²) in [5, 5.41) is 2.61. The summed E-state index contributed by atoms with van der Waals surface area (Å²) in [4.78, 5) is 13.8.